The maximum atomic E-state index is 13.1. The van der Waals surface area contributed by atoms with Crippen LogP contribution in [0.1, 0.15) is 82.1 Å². The predicted molar refractivity (Wildman–Crippen MR) is 115 cm³/mol. The number of carbonyl (C=O) groups excluding carboxylic acids is 4. The molecule has 8 heteroatoms. The van der Waals surface area contributed by atoms with Gasteiger partial charge < -0.3 is 9.74 Å². The first-order valence-corrected chi connectivity index (χ1v) is 10.9. The number of hydrogen-bond acceptors (Lipinski definition) is 6. The fourth-order valence-electron chi connectivity index (χ4n) is 3.97. The number of nitrogens with zero attached hydrogens (tertiary/aromatic N) is 2. The smallest absolute Gasteiger partial charge is 0.332 e. The summed E-state index contributed by atoms with van der Waals surface area (Å²) >= 11 is 0. The van der Waals surface area contributed by atoms with Crippen molar-refractivity contribution in [1.82, 2.24) is 10.2 Å². The molecule has 3 rings (SSSR count). The first kappa shape index (κ1) is 22.8. The Morgan fingerprint density at radius 3 is 2.61 bits per heavy atom. The Balaban J connectivity index is 1.87. The molecule has 0 bridgehead atoms. The molecule has 3 amide bonds. The minimum Gasteiger partial charge on any atom is -0.340 e. The second-order valence-electron chi connectivity index (χ2n) is 9.09. The summed E-state index contributed by atoms with van der Waals surface area (Å²) in [7, 11) is 0. The third-order valence-corrected chi connectivity index (χ3v) is 5.56. The maximum absolute atomic E-state index is 13.1. The number of fused-ring (bicyclic) bond motifs is 1. The highest BCUT2D eigenvalue weighted by Crippen LogP contribution is 2.37. The molecule has 2 aliphatic rings. The Bertz CT molecular complexity index is 890. The fraction of sp³-hybridized carbons (Fsp3) is 0.565. The lowest BCUT2D eigenvalue weighted by atomic mass is 10.0. The molecule has 1 fully saturated rings. The topological polar surface area (TPSA) is 96.0 Å². The molecule has 0 radical (unpaired) electrons. The van der Waals surface area contributed by atoms with E-state index in [4.69, 9.17) is 4.84 Å². The molecule has 1 aromatic carbocycles. The van der Waals surface area contributed by atoms with E-state index in [9.17, 15) is 19.2 Å². The van der Waals surface area contributed by atoms with E-state index in [-0.39, 0.29) is 30.7 Å². The standard InChI is InChI=1S/C23H31N3O5/c1-5-6-7-11-20(28)31-26(23(2,3)4)17-10-8-9-15-16(17)14-25(22(15)30)18-12-13-19(27)24-21(18)29/h8-10,18H,5-7,11-14H2,1-4H3,(H,24,27,29). The molecule has 0 spiro atoms. The van der Waals surface area contributed by atoms with Gasteiger partial charge in [-0.2, -0.15) is 0 Å². The minimum atomic E-state index is -0.690. The van der Waals surface area contributed by atoms with Crippen LogP contribution >= 0.6 is 0 Å². The number of anilines is 1. The van der Waals surface area contributed by atoms with Crippen LogP contribution in [0.4, 0.5) is 5.69 Å². The molecule has 168 valence electrons. The van der Waals surface area contributed by atoms with Gasteiger partial charge in [-0.15, -0.1) is 0 Å². The van der Waals surface area contributed by atoms with Crippen LogP contribution in [0.15, 0.2) is 18.2 Å². The molecule has 1 saturated heterocycles. The molecule has 0 aliphatic carbocycles. The van der Waals surface area contributed by atoms with Crippen LogP contribution in [0, 0.1) is 0 Å². The average molecular weight is 430 g/mol. The van der Waals surface area contributed by atoms with E-state index in [1.54, 1.807) is 17.2 Å². The molecular weight excluding hydrogens is 398 g/mol. The third kappa shape index (κ3) is 4.89. The van der Waals surface area contributed by atoms with Gasteiger partial charge in [-0.05, 0) is 45.7 Å². The highest BCUT2D eigenvalue weighted by molar-refractivity contribution is 6.06. The highest BCUT2D eigenvalue weighted by atomic mass is 16.7. The van der Waals surface area contributed by atoms with Gasteiger partial charge in [0.15, 0.2) is 0 Å². The van der Waals surface area contributed by atoms with E-state index in [2.05, 4.69) is 12.2 Å². The number of amides is 3. The number of hydrogen-bond donors (Lipinski definition) is 1. The van der Waals surface area contributed by atoms with Crippen LogP contribution in [-0.2, 0) is 25.8 Å². The predicted octanol–water partition coefficient (Wildman–Crippen LogP) is 3.09. The van der Waals surface area contributed by atoms with E-state index in [1.807, 2.05) is 26.8 Å². The van der Waals surface area contributed by atoms with Crippen molar-refractivity contribution in [2.24, 2.45) is 0 Å². The molecule has 1 N–H and O–H groups in total. The monoisotopic (exact) mass is 429 g/mol. The van der Waals surface area contributed by atoms with Gasteiger partial charge in [-0.3, -0.25) is 19.7 Å². The SMILES string of the molecule is CCCCCC(=O)ON(c1cccc2c1CN(C1CCC(=O)NC1=O)C2=O)C(C)(C)C. The Morgan fingerprint density at radius 1 is 1.23 bits per heavy atom. The lowest BCUT2D eigenvalue weighted by Gasteiger charge is -2.36. The molecule has 2 heterocycles. The molecular formula is C23H31N3O5. The van der Waals surface area contributed by atoms with Crippen LogP contribution in [0.3, 0.4) is 0 Å². The van der Waals surface area contributed by atoms with Gasteiger partial charge in [0, 0.05) is 30.5 Å². The maximum Gasteiger partial charge on any atom is 0.332 e. The number of rotatable bonds is 7. The molecule has 31 heavy (non-hydrogen) atoms. The second-order valence-corrected chi connectivity index (χ2v) is 9.09. The van der Waals surface area contributed by atoms with Gasteiger partial charge in [0.1, 0.15) is 6.04 Å². The van der Waals surface area contributed by atoms with Crippen LogP contribution in [-0.4, -0.2) is 40.2 Å². The zero-order valence-corrected chi connectivity index (χ0v) is 18.7. The third-order valence-electron chi connectivity index (χ3n) is 5.56. The van der Waals surface area contributed by atoms with Crippen LogP contribution in [0.2, 0.25) is 0 Å². The summed E-state index contributed by atoms with van der Waals surface area (Å²) in [6, 6.07) is 4.61. The number of piperidine rings is 1. The first-order chi connectivity index (χ1) is 14.6. The fourth-order valence-corrected chi connectivity index (χ4v) is 3.97. The molecule has 1 unspecified atom stereocenters. The lowest BCUT2D eigenvalue weighted by Crippen LogP contribution is -2.52. The Kier molecular flexibility index (Phi) is 6.67. The van der Waals surface area contributed by atoms with E-state index in [0.717, 1.165) is 19.3 Å². The Hall–Kier alpha value is -2.90. The second kappa shape index (κ2) is 9.08. The normalized spacial score (nSPS) is 18.6. The minimum absolute atomic E-state index is 0.201. The summed E-state index contributed by atoms with van der Waals surface area (Å²) in [6.45, 7) is 8.09. The van der Waals surface area contributed by atoms with Crippen molar-refractivity contribution in [3.05, 3.63) is 29.3 Å². The van der Waals surface area contributed by atoms with Gasteiger partial charge in [-0.25, -0.2) is 9.86 Å². The quantitative estimate of drug-likeness (QED) is 0.407. The molecule has 2 aliphatic heterocycles. The summed E-state index contributed by atoms with van der Waals surface area (Å²) in [5, 5.41) is 3.88. The van der Waals surface area contributed by atoms with Crippen molar-refractivity contribution in [3.63, 3.8) is 0 Å². The van der Waals surface area contributed by atoms with Gasteiger partial charge >= 0.3 is 5.97 Å². The molecule has 8 nitrogen and oxygen atoms in total. The summed E-state index contributed by atoms with van der Waals surface area (Å²) in [6.07, 6.45) is 3.57. The number of carbonyl (C=O) groups is 4. The lowest BCUT2D eigenvalue weighted by molar-refractivity contribution is -0.147. The van der Waals surface area contributed by atoms with E-state index >= 15 is 0 Å². The van der Waals surface area contributed by atoms with Crippen LogP contribution in [0.25, 0.3) is 0 Å². The number of unbranched alkanes of at least 4 members (excludes halogenated alkanes) is 2. The molecule has 1 atom stereocenters. The van der Waals surface area contributed by atoms with E-state index in [1.165, 1.54) is 4.90 Å². The number of hydroxylamine groups is 1. The zero-order chi connectivity index (χ0) is 22.8. The van der Waals surface area contributed by atoms with Gasteiger partial charge in [-0.1, -0.05) is 25.8 Å². The van der Waals surface area contributed by atoms with Crippen molar-refractivity contribution < 1.29 is 24.0 Å². The van der Waals surface area contributed by atoms with Crippen molar-refractivity contribution in [2.45, 2.75) is 84.3 Å². The van der Waals surface area contributed by atoms with E-state index in [0.29, 0.717) is 29.7 Å². The molecule has 1 aromatic rings. The zero-order valence-electron chi connectivity index (χ0n) is 18.7. The van der Waals surface area contributed by atoms with Gasteiger partial charge in [0.25, 0.3) is 5.91 Å². The summed E-state index contributed by atoms with van der Waals surface area (Å²) in [5.41, 5.74) is 1.30. The van der Waals surface area contributed by atoms with Crippen molar-refractivity contribution >= 4 is 29.4 Å². The summed E-state index contributed by atoms with van der Waals surface area (Å²) in [5.74, 6) is -1.34. The number of nitrogens with one attached hydrogen (secondary N) is 1. The largest absolute Gasteiger partial charge is 0.340 e. The highest BCUT2D eigenvalue weighted by Gasteiger charge is 2.41. The first-order valence-electron chi connectivity index (χ1n) is 10.9. The Morgan fingerprint density at radius 2 is 1.97 bits per heavy atom. The van der Waals surface area contributed by atoms with E-state index < -0.39 is 17.5 Å². The number of imide groups is 1. The molecule has 0 aromatic heterocycles. The van der Waals surface area contributed by atoms with Gasteiger partial charge in [0.2, 0.25) is 11.8 Å². The van der Waals surface area contributed by atoms with Crippen molar-refractivity contribution in [1.29, 1.82) is 0 Å². The van der Waals surface area contributed by atoms with Crippen molar-refractivity contribution in [3.8, 4) is 0 Å². The van der Waals surface area contributed by atoms with Gasteiger partial charge in [0.05, 0.1) is 11.2 Å². The number of benzene rings is 1. The van der Waals surface area contributed by atoms with Crippen molar-refractivity contribution in [2.75, 3.05) is 5.06 Å². The summed E-state index contributed by atoms with van der Waals surface area (Å²) < 4.78 is 0. The average Bonchev–Trinajstić information content (AvgIpc) is 3.02. The summed E-state index contributed by atoms with van der Waals surface area (Å²) in [4.78, 5) is 56.6. The van der Waals surface area contributed by atoms with Crippen LogP contribution < -0.4 is 10.4 Å². The Labute approximate surface area is 182 Å². The van der Waals surface area contributed by atoms with Crippen LogP contribution in [0.5, 0.6) is 0 Å². The molecule has 0 saturated carbocycles.